The van der Waals surface area contributed by atoms with Gasteiger partial charge in [0.2, 0.25) is 0 Å². The van der Waals surface area contributed by atoms with Crippen molar-refractivity contribution in [2.45, 2.75) is 25.6 Å². The van der Waals surface area contributed by atoms with Crippen LogP contribution in [0.1, 0.15) is 29.3 Å². The summed E-state index contributed by atoms with van der Waals surface area (Å²) in [6, 6.07) is 25.8. The average Bonchev–Trinajstić information content (AvgIpc) is 3.00. The van der Waals surface area contributed by atoms with Crippen LogP contribution in [-0.2, 0) is 32.2 Å². The minimum atomic E-state index is -0.708. The first-order chi connectivity index (χ1) is 19.5. The number of aromatic nitrogens is 1. The number of Topliss-reactive ketones (excluding diaryl/α,β-unsaturated/α-hetero) is 1. The quantitative estimate of drug-likeness (QED) is 0.203. The Labute approximate surface area is 232 Å². The van der Waals surface area contributed by atoms with Gasteiger partial charge in [-0.1, -0.05) is 48.5 Å². The van der Waals surface area contributed by atoms with Crippen LogP contribution in [0.2, 0.25) is 0 Å². The molecule has 2 heterocycles. The van der Waals surface area contributed by atoms with E-state index in [1.165, 1.54) is 13.4 Å². The largest absolute Gasteiger partial charge is 0.497 e. The molecular formula is C32H30N2O6. The highest BCUT2D eigenvalue weighted by atomic mass is 16.5. The number of hydrogen-bond donors (Lipinski definition) is 0. The van der Waals surface area contributed by atoms with Crippen molar-refractivity contribution in [3.05, 3.63) is 108 Å². The van der Waals surface area contributed by atoms with E-state index in [4.69, 9.17) is 23.9 Å². The second-order valence-electron chi connectivity index (χ2n) is 9.41. The van der Waals surface area contributed by atoms with E-state index >= 15 is 0 Å². The van der Waals surface area contributed by atoms with Crippen molar-refractivity contribution in [2.24, 2.45) is 0 Å². The van der Waals surface area contributed by atoms with Crippen LogP contribution < -0.4 is 14.4 Å². The van der Waals surface area contributed by atoms with E-state index in [0.29, 0.717) is 18.8 Å². The van der Waals surface area contributed by atoms with Crippen molar-refractivity contribution in [3.63, 3.8) is 0 Å². The molecule has 0 saturated carbocycles. The van der Waals surface area contributed by atoms with E-state index in [9.17, 15) is 9.59 Å². The van der Waals surface area contributed by atoms with Crippen LogP contribution in [0, 0.1) is 0 Å². The van der Waals surface area contributed by atoms with Gasteiger partial charge in [0.15, 0.2) is 5.78 Å². The highest BCUT2D eigenvalue weighted by molar-refractivity contribution is 6.17. The summed E-state index contributed by atoms with van der Waals surface area (Å²) < 4.78 is 21.3. The molecule has 0 bridgehead atoms. The molecule has 0 amide bonds. The van der Waals surface area contributed by atoms with Crippen LogP contribution in [-0.4, -0.2) is 38.1 Å². The van der Waals surface area contributed by atoms with Crippen LogP contribution in [0.3, 0.4) is 0 Å². The smallest absolute Gasteiger partial charge is 0.344 e. The van der Waals surface area contributed by atoms with Gasteiger partial charge in [-0.25, -0.2) is 9.78 Å². The van der Waals surface area contributed by atoms with Crippen molar-refractivity contribution in [1.29, 1.82) is 0 Å². The number of nitrogens with zero attached hydrogens (tertiary/aromatic N) is 2. The third kappa shape index (κ3) is 5.76. The molecule has 0 radical (unpaired) electrons. The zero-order chi connectivity index (χ0) is 28.1. The molecule has 0 N–H and O–H groups in total. The first kappa shape index (κ1) is 26.7. The maximum atomic E-state index is 12.8. The van der Waals surface area contributed by atoms with Gasteiger partial charge in [0, 0.05) is 18.5 Å². The van der Waals surface area contributed by atoms with Crippen molar-refractivity contribution in [3.8, 4) is 11.5 Å². The molecule has 1 aliphatic rings. The van der Waals surface area contributed by atoms with E-state index in [1.807, 2.05) is 78.9 Å². The van der Waals surface area contributed by atoms with Gasteiger partial charge in [0.05, 0.1) is 33.4 Å². The van der Waals surface area contributed by atoms with E-state index in [1.54, 1.807) is 14.2 Å². The third-order valence-electron chi connectivity index (χ3n) is 6.88. The Bertz CT molecular complexity index is 1500. The van der Waals surface area contributed by atoms with Crippen molar-refractivity contribution < 1.29 is 28.5 Å². The number of fused-ring (bicyclic) bond motifs is 1. The standard InChI is InChI=1S/C32H30N2O6/c1-37-24-12-8-21(9-13-24)18-34(19-22-10-14-25(38-2)15-11-22)30-16-23-6-4-5-7-26(23)31(33-30)29-17-28(35)27(20-40-29)32(36)39-3/h4-16,20,29H,17-19H2,1-3H3. The molecule has 1 aliphatic heterocycles. The molecule has 1 aromatic heterocycles. The van der Waals surface area contributed by atoms with Gasteiger partial charge in [-0.15, -0.1) is 0 Å². The van der Waals surface area contributed by atoms with Crippen molar-refractivity contribution in [1.82, 2.24) is 4.98 Å². The average molecular weight is 539 g/mol. The van der Waals surface area contributed by atoms with E-state index in [2.05, 4.69) is 4.90 Å². The van der Waals surface area contributed by atoms with Gasteiger partial charge in [0.1, 0.15) is 35.3 Å². The number of ether oxygens (including phenoxy) is 4. The molecule has 5 rings (SSSR count). The Hall–Kier alpha value is -4.85. The SMILES string of the molecule is COC(=O)C1=COC(c2nc(N(Cc3ccc(OC)cc3)Cc3ccc(OC)cc3)cc3ccccc23)CC1=O. The molecule has 1 atom stereocenters. The lowest BCUT2D eigenvalue weighted by atomic mass is 9.98. The summed E-state index contributed by atoms with van der Waals surface area (Å²) in [5, 5.41) is 1.85. The Morgan fingerprint density at radius 1 is 0.900 bits per heavy atom. The Kier molecular flexibility index (Phi) is 7.96. The van der Waals surface area contributed by atoms with Crippen LogP contribution in [0.5, 0.6) is 11.5 Å². The van der Waals surface area contributed by atoms with Crippen LogP contribution >= 0.6 is 0 Å². The number of benzene rings is 3. The number of anilines is 1. The number of carbonyl (C=O) groups excluding carboxylic acids is 2. The maximum absolute atomic E-state index is 12.8. The maximum Gasteiger partial charge on any atom is 0.344 e. The molecule has 8 nitrogen and oxygen atoms in total. The molecule has 3 aromatic carbocycles. The third-order valence-corrected chi connectivity index (χ3v) is 6.88. The molecule has 204 valence electrons. The molecular weight excluding hydrogens is 508 g/mol. The summed E-state index contributed by atoms with van der Waals surface area (Å²) in [6.07, 6.45) is 0.533. The predicted molar refractivity (Wildman–Crippen MR) is 151 cm³/mol. The minimum absolute atomic E-state index is 0.0155. The lowest BCUT2D eigenvalue weighted by Crippen LogP contribution is -2.25. The van der Waals surface area contributed by atoms with Gasteiger partial charge in [0.25, 0.3) is 0 Å². The number of ketones is 1. The fraction of sp³-hybridized carbons (Fsp3) is 0.219. The molecule has 4 aromatic rings. The summed E-state index contributed by atoms with van der Waals surface area (Å²) in [5.41, 5.74) is 2.71. The Morgan fingerprint density at radius 2 is 1.50 bits per heavy atom. The Balaban J connectivity index is 1.55. The van der Waals surface area contributed by atoms with Gasteiger partial charge in [-0.2, -0.15) is 0 Å². The normalized spacial score (nSPS) is 14.7. The van der Waals surface area contributed by atoms with Gasteiger partial charge >= 0.3 is 5.97 Å². The zero-order valence-corrected chi connectivity index (χ0v) is 22.6. The minimum Gasteiger partial charge on any atom is -0.497 e. The van der Waals surface area contributed by atoms with E-state index < -0.39 is 12.1 Å². The predicted octanol–water partition coefficient (Wildman–Crippen LogP) is 5.55. The topological polar surface area (TPSA) is 87.2 Å². The molecule has 0 aliphatic carbocycles. The number of esters is 1. The second-order valence-corrected chi connectivity index (χ2v) is 9.41. The lowest BCUT2D eigenvalue weighted by Gasteiger charge is -2.27. The fourth-order valence-electron chi connectivity index (χ4n) is 4.71. The molecule has 40 heavy (non-hydrogen) atoms. The van der Waals surface area contributed by atoms with Crippen molar-refractivity contribution >= 4 is 28.3 Å². The summed E-state index contributed by atoms with van der Waals surface area (Å²) in [4.78, 5) is 32.0. The summed E-state index contributed by atoms with van der Waals surface area (Å²) >= 11 is 0. The number of rotatable bonds is 9. The molecule has 0 spiro atoms. The Morgan fingerprint density at radius 3 is 2.05 bits per heavy atom. The monoisotopic (exact) mass is 538 g/mol. The first-order valence-corrected chi connectivity index (χ1v) is 12.9. The summed E-state index contributed by atoms with van der Waals surface area (Å²) in [7, 11) is 4.53. The summed E-state index contributed by atoms with van der Waals surface area (Å²) in [6.45, 7) is 1.16. The number of hydrogen-bond acceptors (Lipinski definition) is 8. The highest BCUT2D eigenvalue weighted by Gasteiger charge is 2.31. The number of carbonyl (C=O) groups is 2. The second kappa shape index (κ2) is 11.9. The lowest BCUT2D eigenvalue weighted by molar-refractivity contribution is -0.139. The number of methoxy groups -OCH3 is 3. The first-order valence-electron chi connectivity index (χ1n) is 12.9. The number of pyridine rings is 1. The van der Waals surface area contributed by atoms with Crippen LogP contribution in [0.15, 0.2) is 90.7 Å². The summed E-state index contributed by atoms with van der Waals surface area (Å²) in [5.74, 6) is 1.26. The van der Waals surface area contributed by atoms with Gasteiger partial charge in [-0.3, -0.25) is 4.79 Å². The van der Waals surface area contributed by atoms with E-state index in [0.717, 1.165) is 39.2 Å². The fourth-order valence-corrected chi connectivity index (χ4v) is 4.71. The van der Waals surface area contributed by atoms with Crippen LogP contribution in [0.4, 0.5) is 5.82 Å². The van der Waals surface area contributed by atoms with Crippen LogP contribution in [0.25, 0.3) is 10.8 Å². The van der Waals surface area contributed by atoms with Gasteiger partial charge in [-0.05, 0) is 46.8 Å². The highest BCUT2D eigenvalue weighted by Crippen LogP contribution is 2.35. The van der Waals surface area contributed by atoms with E-state index in [-0.39, 0.29) is 17.8 Å². The molecule has 0 saturated heterocycles. The zero-order valence-electron chi connectivity index (χ0n) is 22.6. The molecule has 8 heteroatoms. The molecule has 1 unspecified atom stereocenters. The van der Waals surface area contributed by atoms with Gasteiger partial charge < -0.3 is 23.8 Å². The van der Waals surface area contributed by atoms with Crippen molar-refractivity contribution in [2.75, 3.05) is 26.2 Å². The molecule has 0 fully saturated rings.